The molecule has 0 aliphatic carbocycles. The maximum absolute atomic E-state index is 12.1. The highest BCUT2D eigenvalue weighted by Crippen LogP contribution is 2.14. The van der Waals surface area contributed by atoms with Crippen LogP contribution in [0.4, 0.5) is 0 Å². The van der Waals surface area contributed by atoms with Crippen molar-refractivity contribution in [2.75, 3.05) is 0 Å². The summed E-state index contributed by atoms with van der Waals surface area (Å²) in [6.07, 6.45) is 0. The molecule has 0 fully saturated rings. The van der Waals surface area contributed by atoms with Gasteiger partial charge in [-0.1, -0.05) is 22.9 Å². The van der Waals surface area contributed by atoms with E-state index in [1.807, 2.05) is 6.92 Å². The molecule has 21 heavy (non-hydrogen) atoms. The Balaban J connectivity index is 2.25. The topological polar surface area (TPSA) is 84.6 Å². The third-order valence-corrected chi connectivity index (χ3v) is 4.28. The van der Waals surface area contributed by atoms with E-state index in [1.165, 1.54) is 0 Å². The number of hydrogen-bond donors (Lipinski definition) is 1. The first-order chi connectivity index (χ1) is 9.81. The largest absolute Gasteiger partial charge is 0.361 e. The lowest BCUT2D eigenvalue weighted by atomic mass is 10.1. The monoisotopic (exact) mass is 307 g/mol. The van der Waals surface area contributed by atoms with Crippen LogP contribution in [0.3, 0.4) is 0 Å². The lowest BCUT2D eigenvalue weighted by Gasteiger charge is -2.05. The summed E-state index contributed by atoms with van der Waals surface area (Å²) in [6, 6.07) is 6.55. The van der Waals surface area contributed by atoms with Crippen molar-refractivity contribution < 1.29 is 12.9 Å². The van der Waals surface area contributed by atoms with Gasteiger partial charge in [-0.2, -0.15) is 18.4 Å². The molecule has 112 valence electrons. The Labute approximate surface area is 123 Å². The molecule has 0 saturated heterocycles. The van der Waals surface area contributed by atoms with E-state index in [-0.39, 0.29) is 4.90 Å². The van der Waals surface area contributed by atoms with E-state index in [9.17, 15) is 8.42 Å². The highest BCUT2D eigenvalue weighted by atomic mass is 32.2. The third-order valence-electron chi connectivity index (χ3n) is 3.06. The van der Waals surface area contributed by atoms with Gasteiger partial charge in [-0.3, -0.25) is 0 Å². The summed E-state index contributed by atoms with van der Waals surface area (Å²) < 4.78 is 29.3. The summed E-state index contributed by atoms with van der Waals surface area (Å²) in [6.45, 7) is 7.12. The lowest BCUT2D eigenvalue weighted by molar-refractivity contribution is 0.393. The van der Waals surface area contributed by atoms with Gasteiger partial charge in [0.25, 0.3) is 10.0 Å². The molecule has 1 N–H and O–H groups in total. The normalized spacial score (nSPS) is 12.5. The molecular weight excluding hydrogens is 290 g/mol. The fourth-order valence-corrected chi connectivity index (χ4v) is 2.81. The Morgan fingerprint density at radius 1 is 1.19 bits per heavy atom. The van der Waals surface area contributed by atoms with Crippen LogP contribution < -0.4 is 4.83 Å². The average Bonchev–Trinajstić information content (AvgIpc) is 2.76. The van der Waals surface area contributed by atoms with E-state index in [1.54, 1.807) is 45.0 Å². The van der Waals surface area contributed by atoms with E-state index in [2.05, 4.69) is 15.1 Å². The summed E-state index contributed by atoms with van der Waals surface area (Å²) in [4.78, 5) is 2.40. The molecule has 0 atom stereocenters. The van der Waals surface area contributed by atoms with Gasteiger partial charge in [0.1, 0.15) is 5.76 Å². The summed E-state index contributed by atoms with van der Waals surface area (Å²) in [7, 11) is -3.68. The minimum atomic E-state index is -3.68. The summed E-state index contributed by atoms with van der Waals surface area (Å²) in [5.74, 6) is 0.600. The van der Waals surface area contributed by atoms with Gasteiger partial charge in [-0.25, -0.2) is 0 Å². The van der Waals surface area contributed by atoms with Gasteiger partial charge >= 0.3 is 0 Å². The van der Waals surface area contributed by atoms with Crippen LogP contribution in [-0.4, -0.2) is 19.3 Å². The molecule has 0 amide bonds. The second kappa shape index (κ2) is 5.69. The van der Waals surface area contributed by atoms with E-state index in [0.29, 0.717) is 22.7 Å². The zero-order valence-electron chi connectivity index (χ0n) is 12.3. The van der Waals surface area contributed by atoms with Crippen molar-refractivity contribution in [1.82, 2.24) is 9.99 Å². The first-order valence-corrected chi connectivity index (χ1v) is 7.85. The summed E-state index contributed by atoms with van der Waals surface area (Å²) in [5, 5.41) is 7.75. The molecule has 1 aromatic carbocycles. The van der Waals surface area contributed by atoms with Gasteiger partial charge in [-0.05, 0) is 39.8 Å². The van der Waals surface area contributed by atoms with Crippen LogP contribution in [-0.2, 0) is 10.0 Å². The molecule has 0 aliphatic heterocycles. The van der Waals surface area contributed by atoms with Crippen LogP contribution in [0.5, 0.6) is 0 Å². The van der Waals surface area contributed by atoms with Crippen molar-refractivity contribution in [3.05, 3.63) is 46.8 Å². The second-order valence-corrected chi connectivity index (χ2v) is 6.47. The van der Waals surface area contributed by atoms with Crippen molar-refractivity contribution in [2.45, 2.75) is 32.6 Å². The Morgan fingerprint density at radius 3 is 2.33 bits per heavy atom. The number of rotatable bonds is 4. The molecule has 0 saturated carbocycles. The fraction of sp³-hybridized carbons (Fsp3) is 0.286. The quantitative estimate of drug-likeness (QED) is 0.694. The van der Waals surface area contributed by atoms with Crippen LogP contribution in [0.2, 0.25) is 0 Å². The van der Waals surface area contributed by atoms with Crippen molar-refractivity contribution in [2.24, 2.45) is 5.10 Å². The summed E-state index contributed by atoms with van der Waals surface area (Å²) in [5.41, 5.74) is 2.87. The Hall–Kier alpha value is -2.15. The van der Waals surface area contributed by atoms with Gasteiger partial charge in [0.05, 0.1) is 21.9 Å². The maximum Gasteiger partial charge on any atom is 0.276 e. The predicted molar refractivity (Wildman–Crippen MR) is 79.7 cm³/mol. The predicted octanol–water partition coefficient (Wildman–Crippen LogP) is 2.30. The zero-order valence-corrected chi connectivity index (χ0v) is 13.2. The third kappa shape index (κ3) is 3.30. The van der Waals surface area contributed by atoms with Crippen LogP contribution >= 0.6 is 0 Å². The smallest absolute Gasteiger partial charge is 0.276 e. The van der Waals surface area contributed by atoms with E-state index >= 15 is 0 Å². The Morgan fingerprint density at radius 2 is 1.81 bits per heavy atom. The van der Waals surface area contributed by atoms with Crippen molar-refractivity contribution >= 4 is 15.7 Å². The number of hydrogen-bond acceptors (Lipinski definition) is 5. The first-order valence-electron chi connectivity index (χ1n) is 6.37. The molecule has 0 bridgehead atoms. The Bertz CT molecular complexity index is 755. The van der Waals surface area contributed by atoms with Gasteiger partial charge < -0.3 is 4.52 Å². The molecule has 6 nitrogen and oxygen atoms in total. The second-order valence-electron chi connectivity index (χ2n) is 4.80. The molecule has 0 radical (unpaired) electrons. The zero-order chi connectivity index (χ0) is 15.6. The van der Waals surface area contributed by atoms with Crippen LogP contribution in [0.15, 0.2) is 38.8 Å². The number of aromatic nitrogens is 1. The first kappa shape index (κ1) is 15.2. The Kier molecular flexibility index (Phi) is 4.13. The molecular formula is C14H17N3O3S. The van der Waals surface area contributed by atoms with Crippen molar-refractivity contribution in [3.63, 3.8) is 0 Å². The highest BCUT2D eigenvalue weighted by Gasteiger charge is 2.15. The highest BCUT2D eigenvalue weighted by molar-refractivity contribution is 7.89. The standard InChI is InChI=1S/C14H17N3O3S/c1-9-5-7-13(8-6-9)21(18,19)17-15-10(2)14-11(3)16-20-12(14)4/h5-8,17H,1-4H3/b15-10+. The van der Waals surface area contributed by atoms with E-state index in [4.69, 9.17) is 4.52 Å². The minimum Gasteiger partial charge on any atom is -0.361 e. The van der Waals surface area contributed by atoms with E-state index < -0.39 is 10.0 Å². The van der Waals surface area contributed by atoms with Crippen molar-refractivity contribution in [3.8, 4) is 0 Å². The van der Waals surface area contributed by atoms with Gasteiger partial charge in [-0.15, -0.1) is 0 Å². The molecule has 2 aromatic rings. The number of benzene rings is 1. The summed E-state index contributed by atoms with van der Waals surface area (Å²) >= 11 is 0. The van der Waals surface area contributed by atoms with Gasteiger partial charge in [0.2, 0.25) is 0 Å². The molecule has 7 heteroatoms. The van der Waals surface area contributed by atoms with Gasteiger partial charge in [0, 0.05) is 0 Å². The number of nitrogens with one attached hydrogen (secondary N) is 1. The SMILES string of the molecule is C/C(=N\NS(=O)(=O)c1ccc(C)cc1)c1c(C)noc1C. The van der Waals surface area contributed by atoms with Gasteiger partial charge in [0.15, 0.2) is 0 Å². The number of sulfonamides is 1. The van der Waals surface area contributed by atoms with Crippen molar-refractivity contribution in [1.29, 1.82) is 0 Å². The maximum atomic E-state index is 12.1. The lowest BCUT2D eigenvalue weighted by Crippen LogP contribution is -2.20. The molecule has 1 aromatic heterocycles. The molecule has 0 unspecified atom stereocenters. The molecule has 0 aliphatic rings. The number of hydrazone groups is 1. The van der Waals surface area contributed by atoms with Crippen LogP contribution in [0, 0.1) is 20.8 Å². The fourth-order valence-electron chi connectivity index (χ4n) is 1.95. The molecule has 0 spiro atoms. The number of aryl methyl sites for hydroxylation is 3. The van der Waals surface area contributed by atoms with Crippen LogP contribution in [0.1, 0.15) is 29.5 Å². The average molecular weight is 307 g/mol. The molecule has 1 heterocycles. The molecule has 2 rings (SSSR count). The van der Waals surface area contributed by atoms with Crippen LogP contribution in [0.25, 0.3) is 0 Å². The minimum absolute atomic E-state index is 0.170. The van der Waals surface area contributed by atoms with E-state index in [0.717, 1.165) is 5.56 Å². The number of nitrogens with zero attached hydrogens (tertiary/aromatic N) is 2.